The van der Waals surface area contributed by atoms with Crippen molar-refractivity contribution in [2.75, 3.05) is 20.2 Å². The molecule has 1 aliphatic rings. The first-order valence-corrected chi connectivity index (χ1v) is 8.37. The minimum absolute atomic E-state index is 0.322. The summed E-state index contributed by atoms with van der Waals surface area (Å²) in [6, 6.07) is 4.17. The fourth-order valence-corrected chi connectivity index (χ4v) is 3.41. The van der Waals surface area contributed by atoms with E-state index in [9.17, 15) is 4.79 Å². The topological polar surface area (TPSA) is 46.8 Å². The number of likely N-dealkylation sites (tertiary alicyclic amines) is 1. The summed E-state index contributed by atoms with van der Waals surface area (Å²) in [5.74, 6) is 0.341. The van der Waals surface area contributed by atoms with E-state index in [4.69, 9.17) is 9.72 Å². The molecule has 0 aliphatic carbocycles. The van der Waals surface area contributed by atoms with E-state index in [-0.39, 0.29) is 5.97 Å². The van der Waals surface area contributed by atoms with E-state index in [0.717, 1.165) is 24.3 Å². The van der Waals surface area contributed by atoms with Gasteiger partial charge in [0.05, 0.1) is 18.4 Å². The van der Waals surface area contributed by atoms with Crippen LogP contribution >= 0.6 is 0 Å². The van der Waals surface area contributed by atoms with Crippen molar-refractivity contribution in [3.63, 3.8) is 0 Å². The molecule has 1 aliphatic heterocycles. The lowest BCUT2D eigenvalue weighted by Gasteiger charge is -2.35. The van der Waals surface area contributed by atoms with Crippen LogP contribution in [0.1, 0.15) is 42.7 Å². The van der Waals surface area contributed by atoms with Gasteiger partial charge in [-0.1, -0.05) is 0 Å². The van der Waals surface area contributed by atoms with E-state index in [1.165, 1.54) is 26.5 Å². The van der Waals surface area contributed by atoms with Crippen molar-refractivity contribution in [3.05, 3.63) is 35.8 Å². The van der Waals surface area contributed by atoms with Gasteiger partial charge in [0.2, 0.25) is 0 Å². The largest absolute Gasteiger partial charge is 0.465 e. The van der Waals surface area contributed by atoms with Crippen LogP contribution in [0.15, 0.2) is 24.5 Å². The molecule has 1 fully saturated rings. The van der Waals surface area contributed by atoms with Crippen LogP contribution in [-0.2, 0) is 11.2 Å². The molecule has 2 aromatic heterocycles. The van der Waals surface area contributed by atoms with E-state index in [1.807, 2.05) is 10.6 Å². The second kappa shape index (κ2) is 6.71. The first-order valence-electron chi connectivity index (χ1n) is 8.37. The Labute approximate surface area is 137 Å². The Morgan fingerprint density at radius 1 is 1.48 bits per heavy atom. The molecule has 1 atom stereocenters. The maximum Gasteiger partial charge on any atom is 0.338 e. The smallest absolute Gasteiger partial charge is 0.338 e. The minimum atomic E-state index is -0.322. The third-order valence-electron chi connectivity index (χ3n) is 4.71. The Bertz CT molecular complexity index is 693. The van der Waals surface area contributed by atoms with Crippen molar-refractivity contribution in [2.24, 2.45) is 5.92 Å². The maximum atomic E-state index is 11.6. The standard InChI is InChI=1S/C18H25N3O2/c1-13(2)20-7-4-5-14(11-20)9-16-12-21-8-6-15(18(22)23-3)10-17(21)19-16/h6,8,10,12-14H,4-5,7,9,11H2,1-3H3. The average molecular weight is 315 g/mol. The highest BCUT2D eigenvalue weighted by molar-refractivity contribution is 5.90. The van der Waals surface area contributed by atoms with Gasteiger partial charge in [0.25, 0.3) is 0 Å². The molecule has 0 aromatic carbocycles. The number of esters is 1. The molecule has 1 unspecified atom stereocenters. The molecule has 0 bridgehead atoms. The predicted octanol–water partition coefficient (Wildman–Crippen LogP) is 2.78. The van der Waals surface area contributed by atoms with E-state index < -0.39 is 0 Å². The molecular formula is C18H25N3O2. The summed E-state index contributed by atoms with van der Waals surface area (Å²) in [6.07, 6.45) is 7.48. The van der Waals surface area contributed by atoms with Crippen LogP contribution in [0.3, 0.4) is 0 Å². The molecule has 0 spiro atoms. The summed E-state index contributed by atoms with van der Waals surface area (Å²) in [6.45, 7) is 6.89. The van der Waals surface area contributed by atoms with Crippen LogP contribution in [0.25, 0.3) is 5.65 Å². The SMILES string of the molecule is COC(=O)c1ccn2cc(CC3CCCN(C(C)C)C3)nc2c1. The van der Waals surface area contributed by atoms with Crippen molar-refractivity contribution in [1.82, 2.24) is 14.3 Å². The number of carbonyl (C=O) groups excluding carboxylic acids is 1. The van der Waals surface area contributed by atoms with Gasteiger partial charge in [-0.15, -0.1) is 0 Å². The maximum absolute atomic E-state index is 11.6. The third kappa shape index (κ3) is 3.55. The van der Waals surface area contributed by atoms with E-state index in [0.29, 0.717) is 17.5 Å². The summed E-state index contributed by atoms with van der Waals surface area (Å²) >= 11 is 0. The zero-order valence-electron chi connectivity index (χ0n) is 14.2. The van der Waals surface area contributed by atoms with Gasteiger partial charge >= 0.3 is 5.97 Å². The lowest BCUT2D eigenvalue weighted by molar-refractivity contribution is 0.0600. The lowest BCUT2D eigenvalue weighted by atomic mass is 9.93. The molecule has 0 saturated carbocycles. The first-order chi connectivity index (χ1) is 11.1. The zero-order valence-corrected chi connectivity index (χ0v) is 14.2. The second-order valence-electron chi connectivity index (χ2n) is 6.71. The molecule has 3 rings (SSSR count). The third-order valence-corrected chi connectivity index (χ3v) is 4.71. The molecule has 23 heavy (non-hydrogen) atoms. The number of ether oxygens (including phenoxy) is 1. The van der Waals surface area contributed by atoms with E-state index >= 15 is 0 Å². The van der Waals surface area contributed by atoms with Crippen LogP contribution < -0.4 is 0 Å². The summed E-state index contributed by atoms with van der Waals surface area (Å²) in [5.41, 5.74) is 2.45. The predicted molar refractivity (Wildman–Crippen MR) is 89.7 cm³/mol. The highest BCUT2D eigenvalue weighted by Crippen LogP contribution is 2.22. The van der Waals surface area contributed by atoms with Gasteiger partial charge in [-0.3, -0.25) is 0 Å². The zero-order chi connectivity index (χ0) is 16.4. The molecule has 0 radical (unpaired) electrons. The Kier molecular flexibility index (Phi) is 4.66. The molecule has 3 heterocycles. The summed E-state index contributed by atoms with van der Waals surface area (Å²) in [7, 11) is 1.40. The number of methoxy groups -OCH3 is 1. The number of piperidine rings is 1. The van der Waals surface area contributed by atoms with Crippen molar-refractivity contribution in [2.45, 2.75) is 39.2 Å². The number of rotatable bonds is 4. The molecule has 0 amide bonds. The van der Waals surface area contributed by atoms with Gasteiger partial charge in [0.15, 0.2) is 0 Å². The average Bonchev–Trinajstić information content (AvgIpc) is 2.95. The Balaban J connectivity index is 1.74. The lowest BCUT2D eigenvalue weighted by Crippen LogP contribution is -2.40. The Morgan fingerprint density at radius 3 is 3.04 bits per heavy atom. The van der Waals surface area contributed by atoms with Crippen molar-refractivity contribution in [1.29, 1.82) is 0 Å². The number of pyridine rings is 1. The van der Waals surface area contributed by atoms with Crippen LogP contribution in [0, 0.1) is 5.92 Å². The normalized spacial score (nSPS) is 19.4. The molecule has 1 saturated heterocycles. The summed E-state index contributed by atoms with van der Waals surface area (Å²) in [4.78, 5) is 18.9. The van der Waals surface area contributed by atoms with Gasteiger partial charge in [-0.2, -0.15) is 0 Å². The number of hydrogen-bond donors (Lipinski definition) is 0. The van der Waals surface area contributed by atoms with Crippen molar-refractivity contribution >= 4 is 11.6 Å². The second-order valence-corrected chi connectivity index (χ2v) is 6.71. The molecule has 0 N–H and O–H groups in total. The summed E-state index contributed by atoms with van der Waals surface area (Å²) < 4.78 is 6.74. The number of hydrogen-bond acceptors (Lipinski definition) is 4. The number of imidazole rings is 1. The van der Waals surface area contributed by atoms with Crippen LogP contribution in [0.4, 0.5) is 0 Å². The molecule has 124 valence electrons. The van der Waals surface area contributed by atoms with Crippen molar-refractivity contribution < 1.29 is 9.53 Å². The number of carbonyl (C=O) groups is 1. The summed E-state index contributed by atoms with van der Waals surface area (Å²) in [5, 5.41) is 0. The van der Waals surface area contributed by atoms with E-state index in [1.54, 1.807) is 12.1 Å². The van der Waals surface area contributed by atoms with Gasteiger partial charge in [-0.05, 0) is 57.7 Å². The van der Waals surface area contributed by atoms with Crippen LogP contribution in [0.5, 0.6) is 0 Å². The van der Waals surface area contributed by atoms with Gasteiger partial charge in [0, 0.05) is 25.0 Å². The van der Waals surface area contributed by atoms with Gasteiger partial charge in [0.1, 0.15) is 5.65 Å². The fraction of sp³-hybridized carbons (Fsp3) is 0.556. The molecule has 5 nitrogen and oxygen atoms in total. The first kappa shape index (κ1) is 16.0. The van der Waals surface area contributed by atoms with Crippen LogP contribution in [-0.4, -0.2) is 46.5 Å². The highest BCUT2D eigenvalue weighted by Gasteiger charge is 2.22. The van der Waals surface area contributed by atoms with Gasteiger partial charge in [-0.25, -0.2) is 9.78 Å². The molecule has 5 heteroatoms. The fourth-order valence-electron chi connectivity index (χ4n) is 3.41. The molecule has 2 aromatic rings. The van der Waals surface area contributed by atoms with Crippen molar-refractivity contribution in [3.8, 4) is 0 Å². The minimum Gasteiger partial charge on any atom is -0.465 e. The number of fused-ring (bicyclic) bond motifs is 1. The highest BCUT2D eigenvalue weighted by atomic mass is 16.5. The van der Waals surface area contributed by atoms with Crippen LogP contribution in [0.2, 0.25) is 0 Å². The van der Waals surface area contributed by atoms with E-state index in [2.05, 4.69) is 24.9 Å². The monoisotopic (exact) mass is 315 g/mol. The Hall–Kier alpha value is -1.88. The number of nitrogens with zero attached hydrogens (tertiary/aromatic N) is 3. The Morgan fingerprint density at radius 2 is 2.30 bits per heavy atom. The van der Waals surface area contributed by atoms with Gasteiger partial charge < -0.3 is 14.0 Å². The molecular weight excluding hydrogens is 290 g/mol. The number of aromatic nitrogens is 2. The quantitative estimate of drug-likeness (QED) is 0.814.